The van der Waals surface area contributed by atoms with Crippen LogP contribution in [0.3, 0.4) is 0 Å². The van der Waals surface area contributed by atoms with Gasteiger partial charge in [0, 0.05) is 13.2 Å². The molecule has 1 fully saturated rings. The third-order valence-corrected chi connectivity index (χ3v) is 2.94. The van der Waals surface area contributed by atoms with Gasteiger partial charge in [-0.05, 0) is 37.6 Å². The van der Waals surface area contributed by atoms with Crippen LogP contribution < -0.4 is 5.32 Å². The second-order valence-electron chi connectivity index (χ2n) is 4.77. The van der Waals surface area contributed by atoms with Crippen LogP contribution in [-0.2, 0) is 4.74 Å². The molecule has 1 aliphatic heterocycles. The van der Waals surface area contributed by atoms with Gasteiger partial charge in [-0.25, -0.2) is 0 Å². The summed E-state index contributed by atoms with van der Waals surface area (Å²) in [4.78, 5) is 0. The van der Waals surface area contributed by atoms with Crippen molar-refractivity contribution in [1.29, 1.82) is 0 Å². The van der Waals surface area contributed by atoms with Crippen molar-refractivity contribution in [3.8, 4) is 0 Å². The van der Waals surface area contributed by atoms with Crippen LogP contribution >= 0.6 is 0 Å². The van der Waals surface area contributed by atoms with Gasteiger partial charge in [0.2, 0.25) is 0 Å². The molecule has 0 bridgehead atoms. The van der Waals surface area contributed by atoms with Gasteiger partial charge in [-0.3, -0.25) is 0 Å². The zero-order valence-corrected chi connectivity index (χ0v) is 9.88. The molecule has 2 unspecified atom stereocenters. The SMILES string of the molecule is CCC1OCCCC1CNCC(C)C. The van der Waals surface area contributed by atoms with Crippen molar-refractivity contribution >= 4 is 0 Å². The van der Waals surface area contributed by atoms with Crippen LogP contribution in [-0.4, -0.2) is 25.8 Å². The Bertz CT molecular complexity index is 147. The number of rotatable bonds is 5. The summed E-state index contributed by atoms with van der Waals surface area (Å²) in [5.41, 5.74) is 0. The standard InChI is InChI=1S/C12H25NO/c1-4-12-11(6-5-7-14-12)9-13-8-10(2)3/h10-13H,4-9H2,1-3H3. The van der Waals surface area contributed by atoms with Crippen LogP contribution in [0.25, 0.3) is 0 Å². The van der Waals surface area contributed by atoms with E-state index in [0.717, 1.165) is 38.0 Å². The molecule has 2 atom stereocenters. The van der Waals surface area contributed by atoms with E-state index in [1.165, 1.54) is 12.8 Å². The van der Waals surface area contributed by atoms with E-state index in [-0.39, 0.29) is 0 Å². The van der Waals surface area contributed by atoms with Crippen molar-refractivity contribution in [3.63, 3.8) is 0 Å². The van der Waals surface area contributed by atoms with E-state index >= 15 is 0 Å². The Morgan fingerprint density at radius 3 is 2.86 bits per heavy atom. The molecule has 1 saturated heterocycles. The predicted molar refractivity (Wildman–Crippen MR) is 60.5 cm³/mol. The first kappa shape index (κ1) is 12.0. The highest BCUT2D eigenvalue weighted by atomic mass is 16.5. The van der Waals surface area contributed by atoms with Crippen LogP contribution in [0.5, 0.6) is 0 Å². The zero-order chi connectivity index (χ0) is 10.4. The third-order valence-electron chi connectivity index (χ3n) is 2.94. The third kappa shape index (κ3) is 3.97. The van der Waals surface area contributed by atoms with Crippen LogP contribution in [0.4, 0.5) is 0 Å². The molecule has 0 aliphatic carbocycles. The van der Waals surface area contributed by atoms with Crippen molar-refractivity contribution in [2.24, 2.45) is 11.8 Å². The molecule has 0 radical (unpaired) electrons. The van der Waals surface area contributed by atoms with Crippen molar-refractivity contribution in [1.82, 2.24) is 5.32 Å². The van der Waals surface area contributed by atoms with Crippen LogP contribution in [0.15, 0.2) is 0 Å². The topological polar surface area (TPSA) is 21.3 Å². The fraction of sp³-hybridized carbons (Fsp3) is 1.00. The molecule has 0 aromatic heterocycles. The second-order valence-corrected chi connectivity index (χ2v) is 4.77. The molecule has 2 nitrogen and oxygen atoms in total. The van der Waals surface area contributed by atoms with Crippen LogP contribution in [0.1, 0.15) is 40.0 Å². The van der Waals surface area contributed by atoms with E-state index < -0.39 is 0 Å². The molecule has 1 heterocycles. The highest BCUT2D eigenvalue weighted by Gasteiger charge is 2.23. The van der Waals surface area contributed by atoms with Gasteiger partial charge in [0.05, 0.1) is 6.10 Å². The van der Waals surface area contributed by atoms with E-state index in [0.29, 0.717) is 6.10 Å². The van der Waals surface area contributed by atoms with Gasteiger partial charge < -0.3 is 10.1 Å². The lowest BCUT2D eigenvalue weighted by Gasteiger charge is -2.31. The summed E-state index contributed by atoms with van der Waals surface area (Å²) >= 11 is 0. The molecule has 1 aliphatic rings. The van der Waals surface area contributed by atoms with E-state index in [2.05, 4.69) is 26.1 Å². The fourth-order valence-electron chi connectivity index (χ4n) is 2.14. The summed E-state index contributed by atoms with van der Waals surface area (Å²) in [6, 6.07) is 0. The van der Waals surface area contributed by atoms with E-state index in [1.54, 1.807) is 0 Å². The van der Waals surface area contributed by atoms with Gasteiger partial charge >= 0.3 is 0 Å². The summed E-state index contributed by atoms with van der Waals surface area (Å²) in [5.74, 6) is 1.49. The Hall–Kier alpha value is -0.0800. The van der Waals surface area contributed by atoms with Crippen molar-refractivity contribution < 1.29 is 4.74 Å². The normalized spacial score (nSPS) is 28.3. The van der Waals surface area contributed by atoms with Gasteiger partial charge in [0.1, 0.15) is 0 Å². The predicted octanol–water partition coefficient (Wildman–Crippen LogP) is 2.44. The quantitative estimate of drug-likeness (QED) is 0.734. The molecule has 2 heteroatoms. The number of hydrogen-bond acceptors (Lipinski definition) is 2. The molecule has 0 amide bonds. The molecule has 0 spiro atoms. The summed E-state index contributed by atoms with van der Waals surface area (Å²) in [6.45, 7) is 9.97. The largest absolute Gasteiger partial charge is 0.378 e. The molecule has 0 saturated carbocycles. The molecular formula is C12H25NO. The molecule has 0 aromatic rings. The maximum absolute atomic E-state index is 5.76. The fourth-order valence-corrected chi connectivity index (χ4v) is 2.14. The Morgan fingerprint density at radius 1 is 1.43 bits per heavy atom. The second kappa shape index (κ2) is 6.41. The average Bonchev–Trinajstić information content (AvgIpc) is 2.18. The van der Waals surface area contributed by atoms with Crippen LogP contribution in [0.2, 0.25) is 0 Å². The number of nitrogens with one attached hydrogen (secondary N) is 1. The Morgan fingerprint density at radius 2 is 2.21 bits per heavy atom. The number of ether oxygens (including phenoxy) is 1. The minimum absolute atomic E-state index is 0.503. The lowest BCUT2D eigenvalue weighted by atomic mass is 9.92. The van der Waals surface area contributed by atoms with Crippen molar-refractivity contribution in [3.05, 3.63) is 0 Å². The molecular weight excluding hydrogens is 174 g/mol. The first-order valence-corrected chi connectivity index (χ1v) is 6.06. The van der Waals surface area contributed by atoms with E-state index in [1.807, 2.05) is 0 Å². The van der Waals surface area contributed by atoms with Gasteiger partial charge in [-0.15, -0.1) is 0 Å². The minimum Gasteiger partial charge on any atom is -0.378 e. The minimum atomic E-state index is 0.503. The number of hydrogen-bond donors (Lipinski definition) is 1. The van der Waals surface area contributed by atoms with Gasteiger partial charge in [-0.2, -0.15) is 0 Å². The Kier molecular flexibility index (Phi) is 5.49. The maximum Gasteiger partial charge on any atom is 0.0612 e. The van der Waals surface area contributed by atoms with Gasteiger partial charge in [-0.1, -0.05) is 20.8 Å². The molecule has 0 aromatic carbocycles. The van der Waals surface area contributed by atoms with Crippen molar-refractivity contribution in [2.45, 2.75) is 46.1 Å². The molecule has 84 valence electrons. The van der Waals surface area contributed by atoms with Crippen LogP contribution in [0, 0.1) is 11.8 Å². The van der Waals surface area contributed by atoms with E-state index in [9.17, 15) is 0 Å². The molecule has 1 rings (SSSR count). The highest BCUT2D eigenvalue weighted by Crippen LogP contribution is 2.22. The summed E-state index contributed by atoms with van der Waals surface area (Å²) in [6.07, 6.45) is 4.24. The monoisotopic (exact) mass is 199 g/mol. The average molecular weight is 199 g/mol. The highest BCUT2D eigenvalue weighted by molar-refractivity contribution is 4.75. The molecule has 1 N–H and O–H groups in total. The van der Waals surface area contributed by atoms with E-state index in [4.69, 9.17) is 4.74 Å². The molecule has 14 heavy (non-hydrogen) atoms. The Balaban J connectivity index is 2.19. The summed E-state index contributed by atoms with van der Waals surface area (Å²) in [5, 5.41) is 3.54. The Labute approximate surface area is 88.4 Å². The smallest absolute Gasteiger partial charge is 0.0612 e. The summed E-state index contributed by atoms with van der Waals surface area (Å²) in [7, 11) is 0. The first-order valence-electron chi connectivity index (χ1n) is 6.06. The van der Waals surface area contributed by atoms with Gasteiger partial charge in [0.15, 0.2) is 0 Å². The van der Waals surface area contributed by atoms with Gasteiger partial charge in [0.25, 0.3) is 0 Å². The zero-order valence-electron chi connectivity index (χ0n) is 9.88. The summed E-state index contributed by atoms with van der Waals surface area (Å²) < 4.78 is 5.76. The maximum atomic E-state index is 5.76. The van der Waals surface area contributed by atoms with Crippen molar-refractivity contribution in [2.75, 3.05) is 19.7 Å². The first-order chi connectivity index (χ1) is 6.74. The lowest BCUT2D eigenvalue weighted by Crippen LogP contribution is -2.37. The lowest BCUT2D eigenvalue weighted by molar-refractivity contribution is -0.0274.